The van der Waals surface area contributed by atoms with Crippen LogP contribution in [0.25, 0.3) is 0 Å². The quantitative estimate of drug-likeness (QED) is 0.703. The lowest BCUT2D eigenvalue weighted by atomic mass is 9.88. The number of esters is 1. The largest absolute Gasteiger partial charge is 0.465 e. The molecule has 1 aliphatic rings. The Labute approximate surface area is 89.2 Å². The predicted octanol–water partition coefficient (Wildman–Crippen LogP) is 1.29. The van der Waals surface area contributed by atoms with Crippen LogP contribution in [0.2, 0.25) is 0 Å². The van der Waals surface area contributed by atoms with Crippen LogP contribution in [0.1, 0.15) is 27.9 Å². The molecule has 0 saturated carbocycles. The fourth-order valence-corrected chi connectivity index (χ4v) is 2.03. The second-order valence-corrected chi connectivity index (χ2v) is 3.98. The molecule has 2 rings (SSSR count). The topological polar surface area (TPSA) is 52.3 Å². The Balaban J connectivity index is 2.32. The summed E-state index contributed by atoms with van der Waals surface area (Å²) in [7, 11) is 1.40. The van der Waals surface area contributed by atoms with Gasteiger partial charge in [-0.05, 0) is 42.5 Å². The van der Waals surface area contributed by atoms with Crippen LogP contribution in [0.3, 0.4) is 0 Å². The number of hydrogen-bond acceptors (Lipinski definition) is 3. The Bertz CT molecular complexity index is 387. The number of hydrogen-bond donors (Lipinski definition) is 1. The molecule has 0 aliphatic heterocycles. The molecule has 1 atom stereocenters. The fourth-order valence-electron chi connectivity index (χ4n) is 2.03. The third kappa shape index (κ3) is 2.02. The second kappa shape index (κ2) is 4.03. The maximum Gasteiger partial charge on any atom is 0.337 e. The summed E-state index contributed by atoms with van der Waals surface area (Å²) in [5.74, 6) is -0.281. The average molecular weight is 205 g/mol. The first-order valence-electron chi connectivity index (χ1n) is 5.16. The van der Waals surface area contributed by atoms with E-state index in [4.69, 9.17) is 5.73 Å². The third-order valence-corrected chi connectivity index (χ3v) is 2.89. The van der Waals surface area contributed by atoms with Crippen molar-refractivity contribution in [2.45, 2.75) is 25.3 Å². The normalized spacial score (nSPS) is 19.5. The number of benzene rings is 1. The molecule has 1 aromatic rings. The van der Waals surface area contributed by atoms with E-state index in [0.717, 1.165) is 19.3 Å². The number of fused-ring (bicyclic) bond motifs is 1. The molecule has 3 nitrogen and oxygen atoms in total. The fraction of sp³-hybridized carbons (Fsp3) is 0.417. The van der Waals surface area contributed by atoms with Crippen molar-refractivity contribution in [3.05, 3.63) is 34.9 Å². The van der Waals surface area contributed by atoms with Crippen molar-refractivity contribution in [1.29, 1.82) is 0 Å². The van der Waals surface area contributed by atoms with Crippen LogP contribution in [-0.2, 0) is 17.6 Å². The molecule has 0 unspecified atom stereocenters. The van der Waals surface area contributed by atoms with E-state index in [1.807, 2.05) is 18.2 Å². The lowest BCUT2D eigenvalue weighted by Crippen LogP contribution is -2.28. The molecule has 0 fully saturated rings. The Morgan fingerprint density at radius 3 is 3.00 bits per heavy atom. The highest BCUT2D eigenvalue weighted by Gasteiger charge is 2.17. The molecule has 0 bridgehead atoms. The maximum atomic E-state index is 11.3. The molecule has 15 heavy (non-hydrogen) atoms. The number of ether oxygens (including phenoxy) is 1. The van der Waals surface area contributed by atoms with E-state index in [0.29, 0.717) is 5.56 Å². The first-order valence-corrected chi connectivity index (χ1v) is 5.16. The van der Waals surface area contributed by atoms with Crippen molar-refractivity contribution in [3.8, 4) is 0 Å². The molecular formula is C12H15NO2. The van der Waals surface area contributed by atoms with Crippen molar-refractivity contribution in [1.82, 2.24) is 0 Å². The highest BCUT2D eigenvalue weighted by molar-refractivity contribution is 5.89. The van der Waals surface area contributed by atoms with Gasteiger partial charge in [-0.1, -0.05) is 6.07 Å². The van der Waals surface area contributed by atoms with Crippen LogP contribution < -0.4 is 5.73 Å². The Morgan fingerprint density at radius 2 is 2.27 bits per heavy atom. The van der Waals surface area contributed by atoms with E-state index in [9.17, 15) is 4.79 Å². The van der Waals surface area contributed by atoms with E-state index >= 15 is 0 Å². The summed E-state index contributed by atoms with van der Waals surface area (Å²) < 4.78 is 4.68. The molecular weight excluding hydrogens is 190 g/mol. The van der Waals surface area contributed by atoms with Crippen LogP contribution in [-0.4, -0.2) is 19.1 Å². The summed E-state index contributed by atoms with van der Waals surface area (Å²) in [5, 5.41) is 0. The summed E-state index contributed by atoms with van der Waals surface area (Å²) in [5.41, 5.74) is 9.01. The first-order chi connectivity index (χ1) is 7.20. The van der Waals surface area contributed by atoms with E-state index in [2.05, 4.69) is 4.74 Å². The zero-order valence-electron chi connectivity index (χ0n) is 8.82. The Hall–Kier alpha value is -1.35. The maximum absolute atomic E-state index is 11.3. The van der Waals surface area contributed by atoms with Gasteiger partial charge in [-0.3, -0.25) is 0 Å². The number of nitrogens with two attached hydrogens (primary N) is 1. The molecule has 0 spiro atoms. The zero-order valence-corrected chi connectivity index (χ0v) is 8.82. The van der Waals surface area contributed by atoms with Gasteiger partial charge in [0.25, 0.3) is 0 Å². The van der Waals surface area contributed by atoms with Crippen molar-refractivity contribution in [3.63, 3.8) is 0 Å². The van der Waals surface area contributed by atoms with Gasteiger partial charge >= 0.3 is 5.97 Å². The molecule has 80 valence electrons. The monoisotopic (exact) mass is 205 g/mol. The van der Waals surface area contributed by atoms with Gasteiger partial charge in [-0.2, -0.15) is 0 Å². The lowest BCUT2D eigenvalue weighted by molar-refractivity contribution is 0.0600. The number of aryl methyl sites for hydroxylation is 1. The van der Waals surface area contributed by atoms with Crippen molar-refractivity contribution in [2.75, 3.05) is 7.11 Å². The molecule has 1 aromatic carbocycles. The van der Waals surface area contributed by atoms with Gasteiger partial charge in [0.05, 0.1) is 12.7 Å². The van der Waals surface area contributed by atoms with E-state index in [-0.39, 0.29) is 12.0 Å². The number of carbonyl (C=O) groups is 1. The molecule has 0 radical (unpaired) electrons. The van der Waals surface area contributed by atoms with Gasteiger partial charge in [0.2, 0.25) is 0 Å². The molecule has 1 aliphatic carbocycles. The summed E-state index contributed by atoms with van der Waals surface area (Å²) in [6, 6.07) is 5.96. The second-order valence-electron chi connectivity index (χ2n) is 3.98. The summed E-state index contributed by atoms with van der Waals surface area (Å²) >= 11 is 0. The summed E-state index contributed by atoms with van der Waals surface area (Å²) in [6.45, 7) is 0. The number of carbonyl (C=O) groups excluding carboxylic acids is 1. The van der Waals surface area contributed by atoms with Crippen LogP contribution in [0, 0.1) is 0 Å². The summed E-state index contributed by atoms with van der Waals surface area (Å²) in [4.78, 5) is 11.3. The highest BCUT2D eigenvalue weighted by Crippen LogP contribution is 2.22. The lowest BCUT2D eigenvalue weighted by Gasteiger charge is -2.21. The SMILES string of the molecule is COC(=O)c1ccc2c(c1)C[C@H](N)CC2. The predicted molar refractivity (Wildman–Crippen MR) is 57.8 cm³/mol. The smallest absolute Gasteiger partial charge is 0.337 e. The van der Waals surface area contributed by atoms with E-state index in [1.165, 1.54) is 18.2 Å². The average Bonchev–Trinajstić information content (AvgIpc) is 2.27. The highest BCUT2D eigenvalue weighted by atomic mass is 16.5. The van der Waals surface area contributed by atoms with Crippen molar-refractivity contribution in [2.24, 2.45) is 5.73 Å². The van der Waals surface area contributed by atoms with Crippen molar-refractivity contribution < 1.29 is 9.53 Å². The zero-order chi connectivity index (χ0) is 10.8. The van der Waals surface area contributed by atoms with Gasteiger partial charge in [0.15, 0.2) is 0 Å². The van der Waals surface area contributed by atoms with Crippen LogP contribution >= 0.6 is 0 Å². The molecule has 0 amide bonds. The minimum atomic E-state index is -0.281. The standard InChI is InChI=1S/C12H15NO2/c1-15-12(14)9-3-2-8-4-5-11(13)7-10(8)6-9/h2-3,6,11H,4-5,7,13H2,1H3/t11-/m1/s1. The summed E-state index contributed by atoms with van der Waals surface area (Å²) in [6.07, 6.45) is 2.91. The van der Waals surface area contributed by atoms with Gasteiger partial charge in [0, 0.05) is 6.04 Å². The number of rotatable bonds is 1. The first kappa shape index (κ1) is 10.2. The third-order valence-electron chi connectivity index (χ3n) is 2.89. The van der Waals surface area contributed by atoms with Crippen LogP contribution in [0.5, 0.6) is 0 Å². The van der Waals surface area contributed by atoms with Gasteiger partial charge in [-0.15, -0.1) is 0 Å². The van der Waals surface area contributed by atoms with Gasteiger partial charge < -0.3 is 10.5 Å². The van der Waals surface area contributed by atoms with E-state index in [1.54, 1.807) is 0 Å². The molecule has 2 N–H and O–H groups in total. The van der Waals surface area contributed by atoms with E-state index < -0.39 is 0 Å². The van der Waals surface area contributed by atoms with Crippen LogP contribution in [0.4, 0.5) is 0 Å². The number of methoxy groups -OCH3 is 1. The molecule has 0 aromatic heterocycles. The van der Waals surface area contributed by atoms with Gasteiger partial charge in [0.1, 0.15) is 0 Å². The molecule has 0 saturated heterocycles. The Morgan fingerprint density at radius 1 is 1.47 bits per heavy atom. The Kier molecular flexibility index (Phi) is 2.73. The minimum absolute atomic E-state index is 0.227. The van der Waals surface area contributed by atoms with Gasteiger partial charge in [-0.25, -0.2) is 4.79 Å². The molecule has 0 heterocycles. The van der Waals surface area contributed by atoms with Crippen LogP contribution in [0.15, 0.2) is 18.2 Å². The minimum Gasteiger partial charge on any atom is -0.465 e. The van der Waals surface area contributed by atoms with Crippen molar-refractivity contribution >= 4 is 5.97 Å². The molecule has 3 heteroatoms.